The van der Waals surface area contributed by atoms with Gasteiger partial charge in [-0.05, 0) is 35.4 Å². The molecule has 0 bridgehead atoms. The Morgan fingerprint density at radius 1 is 1.00 bits per heavy atom. The van der Waals surface area contributed by atoms with Crippen LogP contribution in [0.25, 0.3) is 5.57 Å². The van der Waals surface area contributed by atoms with Crippen molar-refractivity contribution in [3.05, 3.63) is 100 Å². The lowest BCUT2D eigenvalue weighted by Crippen LogP contribution is -1.93. The zero-order chi connectivity index (χ0) is 16.9. The lowest BCUT2D eigenvalue weighted by atomic mass is 9.94. The van der Waals surface area contributed by atoms with Crippen LogP contribution in [0.15, 0.2) is 77.2 Å². The third-order valence-electron chi connectivity index (χ3n) is 3.91. The Hall–Kier alpha value is -2.58. The first-order valence-electron chi connectivity index (χ1n) is 7.75. The highest BCUT2D eigenvalue weighted by atomic mass is 35.5. The van der Waals surface area contributed by atoms with Gasteiger partial charge in [0, 0.05) is 16.5 Å². The van der Waals surface area contributed by atoms with Crippen molar-refractivity contribution in [1.29, 1.82) is 0 Å². The molecule has 1 aromatic heterocycles. The van der Waals surface area contributed by atoms with Gasteiger partial charge >= 0.3 is 0 Å². The zero-order valence-electron chi connectivity index (χ0n) is 13.3. The lowest BCUT2D eigenvalue weighted by Gasteiger charge is -2.11. The van der Waals surface area contributed by atoms with E-state index < -0.39 is 0 Å². The Morgan fingerprint density at radius 3 is 2.33 bits per heavy atom. The molecule has 2 aromatic carbocycles. The minimum absolute atomic E-state index is 0.196. The maximum absolute atomic E-state index is 10.9. The molecule has 1 heterocycles. The van der Waals surface area contributed by atoms with Gasteiger partial charge in [-0.3, -0.25) is 4.79 Å². The third-order valence-corrected chi connectivity index (χ3v) is 4.16. The molecule has 120 valence electrons. The number of hydrogen-bond acceptors (Lipinski definition) is 2. The molecule has 0 saturated carbocycles. The summed E-state index contributed by atoms with van der Waals surface area (Å²) < 4.78 is 5.65. The number of allylic oxidation sites excluding steroid dienone is 1. The van der Waals surface area contributed by atoms with Gasteiger partial charge in [-0.15, -0.1) is 0 Å². The van der Waals surface area contributed by atoms with Crippen molar-refractivity contribution in [2.45, 2.75) is 12.8 Å². The van der Waals surface area contributed by atoms with Crippen LogP contribution < -0.4 is 0 Å². The summed E-state index contributed by atoms with van der Waals surface area (Å²) in [7, 11) is 0. The monoisotopic (exact) mass is 336 g/mol. The van der Waals surface area contributed by atoms with E-state index in [1.807, 2.05) is 48.5 Å². The molecule has 2 nitrogen and oxygen atoms in total. The minimum Gasteiger partial charge on any atom is -0.453 e. The molecule has 24 heavy (non-hydrogen) atoms. The first kappa shape index (κ1) is 16.3. The van der Waals surface area contributed by atoms with Gasteiger partial charge in [-0.1, -0.05) is 67.1 Å². The summed E-state index contributed by atoms with van der Waals surface area (Å²) in [5.41, 5.74) is 3.15. The topological polar surface area (TPSA) is 30.2 Å². The fourth-order valence-corrected chi connectivity index (χ4v) is 2.74. The number of halogens is 1. The molecule has 0 aliphatic heterocycles. The number of carbonyl (C=O) groups is 1. The van der Waals surface area contributed by atoms with Crippen LogP contribution in [0.2, 0.25) is 5.02 Å². The smallest absolute Gasteiger partial charge is 0.185 e. The maximum Gasteiger partial charge on any atom is 0.185 e. The first-order chi connectivity index (χ1) is 11.7. The van der Waals surface area contributed by atoms with Gasteiger partial charge in [0.15, 0.2) is 12.0 Å². The van der Waals surface area contributed by atoms with Crippen LogP contribution in [0.3, 0.4) is 0 Å². The van der Waals surface area contributed by atoms with Crippen LogP contribution in [0.1, 0.15) is 40.3 Å². The summed E-state index contributed by atoms with van der Waals surface area (Å²) in [6.07, 6.45) is 2.86. The van der Waals surface area contributed by atoms with Crippen molar-refractivity contribution in [2.24, 2.45) is 0 Å². The molecule has 3 rings (SSSR count). The van der Waals surface area contributed by atoms with E-state index in [1.54, 1.807) is 6.07 Å². The predicted molar refractivity (Wildman–Crippen MR) is 97.5 cm³/mol. The molecule has 0 spiro atoms. The number of benzene rings is 2. The highest BCUT2D eigenvalue weighted by Crippen LogP contribution is 2.30. The average molecular weight is 337 g/mol. The lowest BCUT2D eigenvalue weighted by molar-refractivity contribution is 0.110. The standard InChI is InChI=1S/C21H17ClO2/c1-15(16-5-3-2-4-6-16)13-20(17-7-9-18(22)10-8-17)21-12-11-19(14-23)24-21/h2-15H,1H3/b20-13-. The molecule has 0 aliphatic rings. The van der Waals surface area contributed by atoms with Crippen molar-refractivity contribution in [3.63, 3.8) is 0 Å². The largest absolute Gasteiger partial charge is 0.453 e. The Labute approximate surface area is 146 Å². The van der Waals surface area contributed by atoms with Gasteiger partial charge in [0.05, 0.1) is 0 Å². The number of hydrogen-bond donors (Lipinski definition) is 0. The summed E-state index contributed by atoms with van der Waals surface area (Å²) in [6, 6.07) is 21.4. The molecular formula is C21H17ClO2. The zero-order valence-corrected chi connectivity index (χ0v) is 14.0. The van der Waals surface area contributed by atoms with E-state index in [1.165, 1.54) is 5.56 Å². The summed E-state index contributed by atoms with van der Waals surface area (Å²) in [5, 5.41) is 0.683. The molecule has 0 N–H and O–H groups in total. The van der Waals surface area contributed by atoms with Gasteiger partial charge in [-0.25, -0.2) is 0 Å². The average Bonchev–Trinajstić information content (AvgIpc) is 3.10. The quantitative estimate of drug-likeness (QED) is 0.536. The molecule has 0 saturated heterocycles. The number of aldehydes is 1. The molecule has 3 heteroatoms. The van der Waals surface area contributed by atoms with E-state index in [0.717, 1.165) is 11.1 Å². The maximum atomic E-state index is 10.9. The first-order valence-corrected chi connectivity index (χ1v) is 8.13. The molecular weight excluding hydrogens is 320 g/mol. The SMILES string of the molecule is CC(/C=C(/c1ccc(Cl)cc1)c1ccc(C=O)o1)c1ccccc1. The summed E-state index contributed by atoms with van der Waals surface area (Å²) in [6.45, 7) is 2.13. The predicted octanol–water partition coefficient (Wildman–Crippen LogP) is 5.98. The number of furan rings is 1. The van der Waals surface area contributed by atoms with Crippen LogP contribution in [0.4, 0.5) is 0 Å². The van der Waals surface area contributed by atoms with Crippen LogP contribution in [-0.4, -0.2) is 6.29 Å². The van der Waals surface area contributed by atoms with Crippen molar-refractivity contribution >= 4 is 23.5 Å². The number of rotatable bonds is 5. The highest BCUT2D eigenvalue weighted by Gasteiger charge is 2.13. The molecule has 0 aliphatic carbocycles. The van der Waals surface area contributed by atoms with Gasteiger partial charge in [0.1, 0.15) is 5.76 Å². The van der Waals surface area contributed by atoms with Crippen molar-refractivity contribution < 1.29 is 9.21 Å². The van der Waals surface area contributed by atoms with E-state index in [0.29, 0.717) is 22.8 Å². The van der Waals surface area contributed by atoms with Gasteiger partial charge in [0.25, 0.3) is 0 Å². The van der Waals surface area contributed by atoms with E-state index in [4.69, 9.17) is 16.0 Å². The van der Waals surface area contributed by atoms with Gasteiger partial charge in [-0.2, -0.15) is 0 Å². The van der Waals surface area contributed by atoms with Crippen LogP contribution >= 0.6 is 11.6 Å². The van der Waals surface area contributed by atoms with Crippen LogP contribution in [0, 0.1) is 0 Å². The second kappa shape index (κ2) is 7.33. The molecule has 3 aromatic rings. The van der Waals surface area contributed by atoms with Gasteiger partial charge in [0.2, 0.25) is 0 Å². The number of carbonyl (C=O) groups excluding carboxylic acids is 1. The second-order valence-electron chi connectivity index (χ2n) is 5.61. The van der Waals surface area contributed by atoms with E-state index >= 15 is 0 Å². The van der Waals surface area contributed by atoms with E-state index in [9.17, 15) is 4.79 Å². The van der Waals surface area contributed by atoms with Gasteiger partial charge < -0.3 is 4.42 Å². The second-order valence-corrected chi connectivity index (χ2v) is 6.04. The van der Waals surface area contributed by atoms with E-state index in [2.05, 4.69) is 25.1 Å². The van der Waals surface area contributed by atoms with Crippen LogP contribution in [-0.2, 0) is 0 Å². The highest BCUT2D eigenvalue weighted by molar-refractivity contribution is 6.30. The molecule has 0 amide bonds. The summed E-state index contributed by atoms with van der Waals surface area (Å²) >= 11 is 6.00. The summed E-state index contributed by atoms with van der Waals surface area (Å²) in [4.78, 5) is 10.9. The molecule has 0 radical (unpaired) electrons. The van der Waals surface area contributed by atoms with Crippen molar-refractivity contribution in [1.82, 2.24) is 0 Å². The molecule has 0 fully saturated rings. The fraction of sp³-hybridized carbons (Fsp3) is 0.0952. The third kappa shape index (κ3) is 3.66. The van der Waals surface area contributed by atoms with Crippen molar-refractivity contribution in [2.75, 3.05) is 0 Å². The van der Waals surface area contributed by atoms with Crippen LogP contribution in [0.5, 0.6) is 0 Å². The van der Waals surface area contributed by atoms with E-state index in [-0.39, 0.29) is 5.92 Å². The Morgan fingerprint density at radius 2 is 1.71 bits per heavy atom. The Bertz CT molecular complexity index is 845. The minimum atomic E-state index is 0.196. The molecule has 1 atom stereocenters. The Balaban J connectivity index is 2.05. The Kier molecular flexibility index (Phi) is 4.97. The fourth-order valence-electron chi connectivity index (χ4n) is 2.61. The molecule has 1 unspecified atom stereocenters. The normalized spacial score (nSPS) is 12.8. The summed E-state index contributed by atoms with van der Waals surface area (Å²) in [5.74, 6) is 1.18. The van der Waals surface area contributed by atoms with Crippen molar-refractivity contribution in [3.8, 4) is 0 Å².